The maximum absolute atomic E-state index is 4.38. The van der Waals surface area contributed by atoms with Gasteiger partial charge in [0, 0.05) is 42.8 Å². The average Bonchev–Trinajstić information content (AvgIpc) is 2.99. The molecule has 0 fully saturated rings. The van der Waals surface area contributed by atoms with Crippen molar-refractivity contribution < 1.29 is 0 Å². The van der Waals surface area contributed by atoms with E-state index in [0.717, 1.165) is 19.5 Å². The van der Waals surface area contributed by atoms with Gasteiger partial charge in [0.05, 0.1) is 0 Å². The Kier molecular flexibility index (Phi) is 4.77. The van der Waals surface area contributed by atoms with Crippen molar-refractivity contribution in [1.82, 2.24) is 14.5 Å². The van der Waals surface area contributed by atoms with Crippen LogP contribution in [-0.2, 0) is 19.5 Å². The zero-order valence-electron chi connectivity index (χ0n) is 12.3. The second-order valence-electron chi connectivity index (χ2n) is 5.14. The van der Waals surface area contributed by atoms with Gasteiger partial charge in [0.2, 0.25) is 0 Å². The van der Waals surface area contributed by atoms with E-state index >= 15 is 0 Å². The third-order valence-electron chi connectivity index (χ3n) is 3.69. The van der Waals surface area contributed by atoms with Crippen LogP contribution in [0.5, 0.6) is 0 Å². The molecule has 3 nitrogen and oxygen atoms in total. The monoisotopic (exact) mass is 277 g/mol. The minimum absolute atomic E-state index is 0.501. The molecule has 104 valence electrons. The Morgan fingerprint density at radius 1 is 1.47 bits per heavy atom. The number of aromatic nitrogens is 2. The molecular weight excluding hydrogens is 254 g/mol. The molecule has 2 aromatic rings. The zero-order chi connectivity index (χ0) is 13.8. The Morgan fingerprint density at radius 3 is 2.89 bits per heavy atom. The Hall–Kier alpha value is -1.13. The molecule has 0 saturated carbocycles. The van der Waals surface area contributed by atoms with Gasteiger partial charge in [-0.05, 0) is 37.9 Å². The van der Waals surface area contributed by atoms with Gasteiger partial charge in [-0.2, -0.15) is 0 Å². The second kappa shape index (κ2) is 6.35. The molecule has 0 aliphatic rings. The van der Waals surface area contributed by atoms with Crippen LogP contribution in [0, 0.1) is 6.92 Å². The summed E-state index contributed by atoms with van der Waals surface area (Å²) in [7, 11) is 2.20. The van der Waals surface area contributed by atoms with Crippen LogP contribution in [0.1, 0.15) is 30.1 Å². The van der Waals surface area contributed by atoms with E-state index in [1.54, 1.807) is 0 Å². The third kappa shape index (κ3) is 3.45. The predicted octanol–water partition coefficient (Wildman–Crippen LogP) is 3.34. The number of rotatable bonds is 6. The minimum atomic E-state index is 0.501. The first-order chi connectivity index (χ1) is 9.11. The van der Waals surface area contributed by atoms with Crippen LogP contribution in [0.15, 0.2) is 23.8 Å². The maximum atomic E-state index is 4.38. The van der Waals surface area contributed by atoms with Crippen LogP contribution >= 0.6 is 11.3 Å². The molecule has 0 aromatic carbocycles. The Labute approximate surface area is 119 Å². The molecular formula is C15H23N3S. The molecule has 0 radical (unpaired) electrons. The van der Waals surface area contributed by atoms with Gasteiger partial charge in [0.25, 0.3) is 0 Å². The van der Waals surface area contributed by atoms with Crippen molar-refractivity contribution in [3.05, 3.63) is 40.1 Å². The minimum Gasteiger partial charge on any atom is -0.333 e. The third-order valence-corrected chi connectivity index (χ3v) is 4.70. The standard InChI is InChI=1S/C15H23N3S/c1-5-15-16-7-8-18(15)10-13(3)17(4)11-14-12(2)6-9-19-14/h6-9,13H,5,10-11H2,1-4H3. The van der Waals surface area contributed by atoms with Gasteiger partial charge in [-0.1, -0.05) is 6.92 Å². The second-order valence-corrected chi connectivity index (χ2v) is 6.14. The van der Waals surface area contributed by atoms with Crippen molar-refractivity contribution in [1.29, 1.82) is 0 Å². The molecule has 1 unspecified atom stereocenters. The molecule has 2 heterocycles. The summed E-state index contributed by atoms with van der Waals surface area (Å²) in [4.78, 5) is 8.27. The van der Waals surface area contributed by atoms with Crippen LogP contribution in [0.2, 0.25) is 0 Å². The highest BCUT2D eigenvalue weighted by molar-refractivity contribution is 7.10. The summed E-state index contributed by atoms with van der Waals surface area (Å²) in [5.41, 5.74) is 1.40. The molecule has 0 N–H and O–H groups in total. The largest absolute Gasteiger partial charge is 0.333 e. The molecule has 4 heteroatoms. The van der Waals surface area contributed by atoms with Crippen molar-refractivity contribution in [2.75, 3.05) is 7.05 Å². The van der Waals surface area contributed by atoms with E-state index in [4.69, 9.17) is 0 Å². The van der Waals surface area contributed by atoms with Gasteiger partial charge in [0.1, 0.15) is 5.82 Å². The topological polar surface area (TPSA) is 21.1 Å². The number of thiophene rings is 1. The van der Waals surface area contributed by atoms with E-state index in [-0.39, 0.29) is 0 Å². The first-order valence-electron chi connectivity index (χ1n) is 6.85. The van der Waals surface area contributed by atoms with Gasteiger partial charge in [0.15, 0.2) is 0 Å². The predicted molar refractivity (Wildman–Crippen MR) is 81.6 cm³/mol. The molecule has 19 heavy (non-hydrogen) atoms. The SMILES string of the molecule is CCc1nccn1CC(C)N(C)Cc1sccc1C. The van der Waals surface area contributed by atoms with Crippen LogP contribution < -0.4 is 0 Å². The Balaban J connectivity index is 1.96. The molecule has 2 rings (SSSR count). The highest BCUT2D eigenvalue weighted by atomic mass is 32.1. The van der Waals surface area contributed by atoms with E-state index in [9.17, 15) is 0 Å². The van der Waals surface area contributed by atoms with Gasteiger partial charge < -0.3 is 4.57 Å². The summed E-state index contributed by atoms with van der Waals surface area (Å²) in [6.45, 7) is 8.66. The van der Waals surface area contributed by atoms with Crippen molar-refractivity contribution in [2.24, 2.45) is 0 Å². The number of hydrogen-bond donors (Lipinski definition) is 0. The van der Waals surface area contributed by atoms with E-state index in [1.165, 1.54) is 16.3 Å². The zero-order valence-corrected chi connectivity index (χ0v) is 13.1. The first-order valence-corrected chi connectivity index (χ1v) is 7.73. The molecule has 0 aliphatic carbocycles. The van der Waals surface area contributed by atoms with Gasteiger partial charge in [-0.3, -0.25) is 4.90 Å². The van der Waals surface area contributed by atoms with E-state index in [1.807, 2.05) is 17.5 Å². The van der Waals surface area contributed by atoms with Gasteiger partial charge in [-0.25, -0.2) is 4.98 Å². The number of nitrogens with zero attached hydrogens (tertiary/aromatic N) is 3. The van der Waals surface area contributed by atoms with Crippen molar-refractivity contribution in [3.63, 3.8) is 0 Å². The lowest BCUT2D eigenvalue weighted by molar-refractivity contribution is 0.227. The van der Waals surface area contributed by atoms with Crippen molar-refractivity contribution in [2.45, 2.75) is 46.3 Å². The molecule has 0 bridgehead atoms. The summed E-state index contributed by atoms with van der Waals surface area (Å²) in [6.07, 6.45) is 4.97. The summed E-state index contributed by atoms with van der Waals surface area (Å²) in [5.74, 6) is 1.17. The van der Waals surface area contributed by atoms with E-state index in [2.05, 4.69) is 59.9 Å². The Morgan fingerprint density at radius 2 is 2.26 bits per heavy atom. The van der Waals surface area contributed by atoms with E-state index < -0.39 is 0 Å². The number of imidazole rings is 1. The summed E-state index contributed by atoms with van der Waals surface area (Å²) in [6, 6.07) is 2.70. The molecule has 0 saturated heterocycles. The Bertz CT molecular complexity index is 515. The molecule has 2 aromatic heterocycles. The van der Waals surface area contributed by atoms with Crippen LogP contribution in [0.25, 0.3) is 0 Å². The van der Waals surface area contributed by atoms with Crippen LogP contribution in [0.4, 0.5) is 0 Å². The molecule has 0 aliphatic heterocycles. The van der Waals surface area contributed by atoms with Crippen molar-refractivity contribution >= 4 is 11.3 Å². The lowest BCUT2D eigenvalue weighted by Gasteiger charge is -2.25. The summed E-state index contributed by atoms with van der Waals surface area (Å²) in [5, 5.41) is 2.17. The highest BCUT2D eigenvalue weighted by Gasteiger charge is 2.13. The van der Waals surface area contributed by atoms with Gasteiger partial charge in [-0.15, -0.1) is 11.3 Å². The fourth-order valence-corrected chi connectivity index (χ4v) is 3.16. The van der Waals surface area contributed by atoms with Crippen LogP contribution in [-0.4, -0.2) is 27.5 Å². The fourth-order valence-electron chi connectivity index (χ4n) is 2.19. The van der Waals surface area contributed by atoms with Crippen LogP contribution in [0.3, 0.4) is 0 Å². The average molecular weight is 277 g/mol. The lowest BCUT2D eigenvalue weighted by Crippen LogP contribution is -2.32. The molecule has 0 amide bonds. The first kappa shape index (κ1) is 14.3. The molecule has 1 atom stereocenters. The quantitative estimate of drug-likeness (QED) is 0.807. The number of likely N-dealkylation sites (N-methyl/N-ethyl adjacent to an activating group) is 1. The maximum Gasteiger partial charge on any atom is 0.108 e. The van der Waals surface area contributed by atoms with Crippen molar-refractivity contribution in [3.8, 4) is 0 Å². The normalized spacial score (nSPS) is 13.1. The number of aryl methyl sites for hydroxylation is 2. The fraction of sp³-hybridized carbons (Fsp3) is 0.533. The summed E-state index contributed by atoms with van der Waals surface area (Å²) < 4.78 is 2.27. The number of hydrogen-bond acceptors (Lipinski definition) is 3. The van der Waals surface area contributed by atoms with Gasteiger partial charge >= 0.3 is 0 Å². The van der Waals surface area contributed by atoms with E-state index in [0.29, 0.717) is 6.04 Å². The highest BCUT2D eigenvalue weighted by Crippen LogP contribution is 2.18. The molecule has 0 spiro atoms. The lowest BCUT2D eigenvalue weighted by atomic mass is 10.2. The smallest absolute Gasteiger partial charge is 0.108 e. The summed E-state index contributed by atoms with van der Waals surface area (Å²) >= 11 is 1.85.